The molecule has 1 unspecified atom stereocenters. The van der Waals surface area contributed by atoms with Crippen LogP contribution in [0.2, 0.25) is 0 Å². The van der Waals surface area contributed by atoms with Crippen molar-refractivity contribution in [1.29, 1.82) is 0 Å². The standard InChI is InChI=1S/C12H18N4O/c1-8(2-3-17)6-14-12-5-11-9(4-10(12)13)7-15-16-11/h4-5,7-8,14,17H,2-3,6,13H2,1H3,(H,15,16). The number of H-pyrrole nitrogens is 1. The van der Waals surface area contributed by atoms with Gasteiger partial charge < -0.3 is 16.2 Å². The fraction of sp³-hybridized carbons (Fsp3) is 0.417. The second kappa shape index (κ2) is 5.05. The maximum atomic E-state index is 8.84. The van der Waals surface area contributed by atoms with Crippen molar-refractivity contribution in [3.8, 4) is 0 Å². The highest BCUT2D eigenvalue weighted by atomic mass is 16.3. The lowest BCUT2D eigenvalue weighted by molar-refractivity contribution is 0.266. The predicted molar refractivity (Wildman–Crippen MR) is 69.9 cm³/mol. The molecule has 0 saturated carbocycles. The van der Waals surface area contributed by atoms with Crippen LogP contribution in [0.4, 0.5) is 11.4 Å². The molecule has 1 heterocycles. The molecule has 1 aromatic carbocycles. The SMILES string of the molecule is CC(CCO)CNc1cc2[nH]ncc2cc1N. The van der Waals surface area contributed by atoms with Crippen molar-refractivity contribution >= 4 is 22.3 Å². The second-order valence-corrected chi connectivity index (χ2v) is 4.40. The number of fused-ring (bicyclic) bond motifs is 1. The number of aromatic nitrogens is 2. The maximum absolute atomic E-state index is 8.84. The Balaban J connectivity index is 2.09. The van der Waals surface area contributed by atoms with E-state index in [2.05, 4.69) is 22.4 Å². The molecule has 17 heavy (non-hydrogen) atoms. The molecule has 0 saturated heterocycles. The van der Waals surface area contributed by atoms with E-state index >= 15 is 0 Å². The van der Waals surface area contributed by atoms with E-state index in [-0.39, 0.29) is 6.61 Å². The van der Waals surface area contributed by atoms with Crippen LogP contribution in [0.15, 0.2) is 18.3 Å². The van der Waals surface area contributed by atoms with Crippen molar-refractivity contribution in [2.45, 2.75) is 13.3 Å². The molecule has 0 fully saturated rings. The normalized spacial score (nSPS) is 12.8. The van der Waals surface area contributed by atoms with Crippen LogP contribution in [0.1, 0.15) is 13.3 Å². The molecule has 2 rings (SSSR count). The molecule has 5 heteroatoms. The summed E-state index contributed by atoms with van der Waals surface area (Å²) in [5.41, 5.74) is 8.55. The molecule has 5 N–H and O–H groups in total. The minimum absolute atomic E-state index is 0.220. The number of anilines is 2. The van der Waals surface area contributed by atoms with Gasteiger partial charge in [0.05, 0.1) is 23.1 Å². The number of nitrogens with zero attached hydrogens (tertiary/aromatic N) is 1. The van der Waals surface area contributed by atoms with Crippen LogP contribution in [0, 0.1) is 5.92 Å². The van der Waals surface area contributed by atoms with Gasteiger partial charge in [-0.05, 0) is 24.5 Å². The molecule has 1 atom stereocenters. The Labute approximate surface area is 100 Å². The summed E-state index contributed by atoms with van der Waals surface area (Å²) in [6, 6.07) is 3.86. The van der Waals surface area contributed by atoms with Crippen LogP contribution in [0.3, 0.4) is 0 Å². The van der Waals surface area contributed by atoms with Gasteiger partial charge in [0.1, 0.15) is 0 Å². The van der Waals surface area contributed by atoms with E-state index in [4.69, 9.17) is 10.8 Å². The number of aliphatic hydroxyl groups is 1. The van der Waals surface area contributed by atoms with E-state index in [0.717, 1.165) is 35.2 Å². The van der Waals surface area contributed by atoms with Crippen LogP contribution in [-0.2, 0) is 0 Å². The van der Waals surface area contributed by atoms with Crippen molar-refractivity contribution < 1.29 is 5.11 Å². The number of hydrogen-bond donors (Lipinski definition) is 4. The van der Waals surface area contributed by atoms with E-state index in [0.29, 0.717) is 5.92 Å². The number of aliphatic hydroxyl groups excluding tert-OH is 1. The highest BCUT2D eigenvalue weighted by Crippen LogP contribution is 2.24. The van der Waals surface area contributed by atoms with Crippen molar-refractivity contribution in [1.82, 2.24) is 10.2 Å². The third-order valence-electron chi connectivity index (χ3n) is 2.87. The summed E-state index contributed by atoms with van der Waals surface area (Å²) < 4.78 is 0. The molecular formula is C12H18N4O. The van der Waals surface area contributed by atoms with Crippen molar-refractivity contribution in [3.05, 3.63) is 18.3 Å². The van der Waals surface area contributed by atoms with Crippen LogP contribution >= 0.6 is 0 Å². The Morgan fingerprint density at radius 1 is 1.53 bits per heavy atom. The number of nitrogens with one attached hydrogen (secondary N) is 2. The van der Waals surface area contributed by atoms with Gasteiger partial charge in [-0.3, -0.25) is 5.10 Å². The first-order chi connectivity index (χ1) is 8.20. The van der Waals surface area contributed by atoms with Crippen molar-refractivity contribution in [3.63, 3.8) is 0 Å². The predicted octanol–water partition coefficient (Wildman–Crippen LogP) is 1.58. The molecule has 0 aliphatic carbocycles. The van der Waals surface area contributed by atoms with Crippen LogP contribution in [0.5, 0.6) is 0 Å². The smallest absolute Gasteiger partial charge is 0.0672 e. The Kier molecular flexibility index (Phi) is 3.49. The van der Waals surface area contributed by atoms with Gasteiger partial charge in [-0.25, -0.2) is 0 Å². The molecule has 1 aromatic heterocycles. The van der Waals surface area contributed by atoms with Gasteiger partial charge in [-0.1, -0.05) is 6.92 Å². The summed E-state index contributed by atoms with van der Waals surface area (Å²) in [5.74, 6) is 0.414. The molecule has 5 nitrogen and oxygen atoms in total. The fourth-order valence-corrected chi connectivity index (χ4v) is 1.77. The lowest BCUT2D eigenvalue weighted by Crippen LogP contribution is -2.13. The Hall–Kier alpha value is -1.75. The monoisotopic (exact) mass is 234 g/mol. The Morgan fingerprint density at radius 2 is 2.35 bits per heavy atom. The van der Waals surface area contributed by atoms with Gasteiger partial charge in [0.15, 0.2) is 0 Å². The zero-order valence-electron chi connectivity index (χ0n) is 9.90. The summed E-state index contributed by atoms with van der Waals surface area (Å²) in [6.45, 7) is 3.11. The number of nitrogen functional groups attached to an aromatic ring is 1. The molecule has 0 bridgehead atoms. The third kappa shape index (κ3) is 2.68. The molecule has 0 amide bonds. The molecular weight excluding hydrogens is 216 g/mol. The van der Waals surface area contributed by atoms with Gasteiger partial charge in [-0.2, -0.15) is 5.10 Å². The Bertz CT molecular complexity index is 494. The molecule has 0 aliphatic heterocycles. The van der Waals surface area contributed by atoms with Crippen molar-refractivity contribution in [2.75, 3.05) is 24.2 Å². The largest absolute Gasteiger partial charge is 0.397 e. The molecule has 0 aliphatic rings. The van der Waals surface area contributed by atoms with E-state index < -0.39 is 0 Å². The fourth-order valence-electron chi connectivity index (χ4n) is 1.77. The highest BCUT2D eigenvalue weighted by Gasteiger charge is 2.05. The van der Waals surface area contributed by atoms with E-state index in [9.17, 15) is 0 Å². The average Bonchev–Trinajstić information content (AvgIpc) is 2.73. The van der Waals surface area contributed by atoms with Gasteiger partial charge in [0.2, 0.25) is 0 Å². The summed E-state index contributed by atoms with van der Waals surface area (Å²) in [5, 5.41) is 20.0. The third-order valence-corrected chi connectivity index (χ3v) is 2.87. The van der Waals surface area contributed by atoms with Gasteiger partial charge in [0.25, 0.3) is 0 Å². The molecule has 92 valence electrons. The summed E-state index contributed by atoms with van der Waals surface area (Å²) in [6.07, 6.45) is 2.54. The number of rotatable bonds is 5. The Morgan fingerprint density at radius 3 is 3.12 bits per heavy atom. The van der Waals surface area contributed by atoms with E-state index in [1.165, 1.54) is 0 Å². The van der Waals surface area contributed by atoms with Crippen LogP contribution in [-0.4, -0.2) is 28.5 Å². The molecule has 0 spiro atoms. The maximum Gasteiger partial charge on any atom is 0.0672 e. The van der Waals surface area contributed by atoms with Crippen LogP contribution in [0.25, 0.3) is 10.9 Å². The first-order valence-corrected chi connectivity index (χ1v) is 5.78. The number of aromatic amines is 1. The summed E-state index contributed by atoms with van der Waals surface area (Å²) in [4.78, 5) is 0. The zero-order chi connectivity index (χ0) is 12.3. The van der Waals surface area contributed by atoms with Gasteiger partial charge >= 0.3 is 0 Å². The van der Waals surface area contributed by atoms with Crippen molar-refractivity contribution in [2.24, 2.45) is 5.92 Å². The molecule has 0 radical (unpaired) electrons. The average molecular weight is 234 g/mol. The lowest BCUT2D eigenvalue weighted by Gasteiger charge is -2.14. The zero-order valence-corrected chi connectivity index (χ0v) is 9.90. The van der Waals surface area contributed by atoms with E-state index in [1.54, 1.807) is 6.20 Å². The van der Waals surface area contributed by atoms with Gasteiger partial charge in [0, 0.05) is 18.5 Å². The first kappa shape index (κ1) is 11.7. The minimum atomic E-state index is 0.220. The topological polar surface area (TPSA) is 87.0 Å². The second-order valence-electron chi connectivity index (χ2n) is 4.40. The quantitative estimate of drug-likeness (QED) is 0.591. The minimum Gasteiger partial charge on any atom is -0.397 e. The molecule has 2 aromatic rings. The van der Waals surface area contributed by atoms with Crippen LogP contribution < -0.4 is 11.1 Å². The first-order valence-electron chi connectivity index (χ1n) is 5.78. The highest BCUT2D eigenvalue weighted by molar-refractivity contribution is 5.88. The summed E-state index contributed by atoms with van der Waals surface area (Å²) >= 11 is 0. The number of hydrogen-bond acceptors (Lipinski definition) is 4. The van der Waals surface area contributed by atoms with E-state index in [1.807, 2.05) is 12.1 Å². The summed E-state index contributed by atoms with van der Waals surface area (Å²) in [7, 11) is 0. The number of nitrogens with two attached hydrogens (primary N) is 1. The lowest BCUT2D eigenvalue weighted by atomic mass is 10.1. The number of benzene rings is 1. The van der Waals surface area contributed by atoms with Gasteiger partial charge in [-0.15, -0.1) is 0 Å².